The fourth-order valence-corrected chi connectivity index (χ4v) is 2.08. The Bertz CT molecular complexity index is 614. The lowest BCUT2D eigenvalue weighted by Crippen LogP contribution is -2.06. The van der Waals surface area contributed by atoms with Crippen LogP contribution in [0.4, 0.5) is 0 Å². The summed E-state index contributed by atoms with van der Waals surface area (Å²) in [7, 11) is 0. The molecule has 0 aliphatic carbocycles. The topological polar surface area (TPSA) is 63.1 Å². The lowest BCUT2D eigenvalue weighted by Gasteiger charge is -2.08. The molecule has 0 bridgehead atoms. The zero-order chi connectivity index (χ0) is 12.6. The lowest BCUT2D eigenvalue weighted by atomic mass is 10.1. The third kappa shape index (κ3) is 2.06. The molecule has 2 aromatic rings. The van der Waals surface area contributed by atoms with Gasteiger partial charge in [-0.2, -0.15) is 0 Å². The third-order valence-electron chi connectivity index (χ3n) is 2.38. The van der Waals surface area contributed by atoms with E-state index in [1.165, 1.54) is 0 Å². The summed E-state index contributed by atoms with van der Waals surface area (Å²) in [5.74, 6) is -1.09. The number of halogens is 2. The van der Waals surface area contributed by atoms with Crippen molar-refractivity contribution in [2.45, 2.75) is 13.3 Å². The van der Waals surface area contributed by atoms with Crippen molar-refractivity contribution in [1.82, 2.24) is 9.97 Å². The number of fused-ring (bicyclic) bond motifs is 1. The Balaban J connectivity index is 2.87. The Morgan fingerprint density at radius 2 is 2.06 bits per heavy atom. The second-order valence-corrected chi connectivity index (χ2v) is 4.18. The highest BCUT2D eigenvalue weighted by Crippen LogP contribution is 2.28. The number of hydrogen-bond acceptors (Lipinski definition) is 3. The van der Waals surface area contributed by atoms with Crippen LogP contribution in [0.15, 0.2) is 12.1 Å². The van der Waals surface area contributed by atoms with Gasteiger partial charge in [0.1, 0.15) is 10.7 Å². The molecule has 0 saturated heterocycles. The van der Waals surface area contributed by atoms with E-state index in [9.17, 15) is 4.79 Å². The van der Waals surface area contributed by atoms with E-state index in [-0.39, 0.29) is 10.6 Å². The number of aromatic carboxylic acids is 1. The molecule has 0 aliphatic rings. The average molecular weight is 271 g/mol. The standard InChI is InChI=1S/C11H8Cl2N2O2/c1-2-6-8(11(16)17)9(13)5-3-4-7(12)15-10(5)14-6/h3-4H,2H2,1H3,(H,16,17). The summed E-state index contributed by atoms with van der Waals surface area (Å²) in [4.78, 5) is 19.3. The van der Waals surface area contributed by atoms with Crippen LogP contribution >= 0.6 is 23.2 Å². The number of aromatic nitrogens is 2. The van der Waals surface area contributed by atoms with Crippen molar-refractivity contribution in [2.75, 3.05) is 0 Å². The average Bonchev–Trinajstić information content (AvgIpc) is 2.27. The Morgan fingerprint density at radius 3 is 2.65 bits per heavy atom. The van der Waals surface area contributed by atoms with E-state index in [1.807, 2.05) is 6.92 Å². The summed E-state index contributed by atoms with van der Waals surface area (Å²) in [6, 6.07) is 3.17. The van der Waals surface area contributed by atoms with Gasteiger partial charge in [-0.25, -0.2) is 14.8 Å². The number of hydrogen-bond donors (Lipinski definition) is 1. The third-order valence-corrected chi connectivity index (χ3v) is 2.98. The van der Waals surface area contributed by atoms with Gasteiger partial charge in [0, 0.05) is 5.39 Å². The van der Waals surface area contributed by atoms with Gasteiger partial charge in [-0.15, -0.1) is 0 Å². The molecule has 0 atom stereocenters. The van der Waals surface area contributed by atoms with E-state index >= 15 is 0 Å². The van der Waals surface area contributed by atoms with Gasteiger partial charge in [0.15, 0.2) is 5.65 Å². The van der Waals surface area contributed by atoms with E-state index in [1.54, 1.807) is 12.1 Å². The number of pyridine rings is 2. The normalized spacial score (nSPS) is 10.8. The molecule has 2 aromatic heterocycles. The molecular formula is C11H8Cl2N2O2. The predicted octanol–water partition coefficient (Wildman–Crippen LogP) is 3.20. The summed E-state index contributed by atoms with van der Waals surface area (Å²) in [6.07, 6.45) is 0.464. The SMILES string of the molecule is CCc1nc2nc(Cl)ccc2c(Cl)c1C(=O)O. The van der Waals surface area contributed by atoms with Crippen LogP contribution in [-0.4, -0.2) is 21.0 Å². The molecule has 0 unspecified atom stereocenters. The highest BCUT2D eigenvalue weighted by molar-refractivity contribution is 6.38. The molecule has 0 amide bonds. The van der Waals surface area contributed by atoms with Crippen molar-refractivity contribution >= 4 is 40.2 Å². The number of carboxylic acids is 1. The summed E-state index contributed by atoms with van der Waals surface area (Å²) in [6.45, 7) is 1.81. The molecule has 4 nitrogen and oxygen atoms in total. The first kappa shape index (κ1) is 12.1. The molecule has 6 heteroatoms. The smallest absolute Gasteiger partial charge is 0.339 e. The first-order valence-electron chi connectivity index (χ1n) is 4.92. The van der Waals surface area contributed by atoms with Crippen LogP contribution in [0.2, 0.25) is 10.2 Å². The van der Waals surface area contributed by atoms with Crippen molar-refractivity contribution in [2.24, 2.45) is 0 Å². The largest absolute Gasteiger partial charge is 0.478 e. The molecule has 0 radical (unpaired) electrons. The van der Waals surface area contributed by atoms with Crippen LogP contribution < -0.4 is 0 Å². The molecule has 0 fully saturated rings. The van der Waals surface area contributed by atoms with Gasteiger partial charge in [0.25, 0.3) is 0 Å². The molecule has 88 valence electrons. The molecule has 17 heavy (non-hydrogen) atoms. The first-order chi connectivity index (χ1) is 8.04. The van der Waals surface area contributed by atoms with Crippen LogP contribution in [0.1, 0.15) is 23.0 Å². The number of carboxylic acid groups (broad SMARTS) is 1. The minimum absolute atomic E-state index is 0.0331. The molecule has 1 N–H and O–H groups in total. The fourth-order valence-electron chi connectivity index (χ4n) is 1.60. The van der Waals surface area contributed by atoms with Crippen molar-refractivity contribution in [3.05, 3.63) is 33.6 Å². The van der Waals surface area contributed by atoms with Crippen molar-refractivity contribution < 1.29 is 9.90 Å². The van der Waals surface area contributed by atoms with E-state index in [0.29, 0.717) is 28.3 Å². The quantitative estimate of drug-likeness (QED) is 0.852. The van der Waals surface area contributed by atoms with Gasteiger partial charge in [0.05, 0.1) is 10.7 Å². The Kier molecular flexibility index (Phi) is 3.17. The van der Waals surface area contributed by atoms with Crippen molar-refractivity contribution in [3.63, 3.8) is 0 Å². The van der Waals surface area contributed by atoms with Crippen LogP contribution in [0.3, 0.4) is 0 Å². The van der Waals surface area contributed by atoms with E-state index < -0.39 is 5.97 Å². The maximum atomic E-state index is 11.1. The summed E-state index contributed by atoms with van der Waals surface area (Å²) in [5, 5.41) is 10.1. The highest BCUT2D eigenvalue weighted by atomic mass is 35.5. The molecule has 0 aromatic carbocycles. The van der Waals surface area contributed by atoms with Crippen LogP contribution in [-0.2, 0) is 6.42 Å². The van der Waals surface area contributed by atoms with Gasteiger partial charge in [-0.3, -0.25) is 0 Å². The van der Waals surface area contributed by atoms with Gasteiger partial charge in [-0.05, 0) is 18.6 Å². The lowest BCUT2D eigenvalue weighted by molar-refractivity contribution is 0.0695. The molecule has 0 spiro atoms. The number of aryl methyl sites for hydroxylation is 1. The highest BCUT2D eigenvalue weighted by Gasteiger charge is 2.19. The summed E-state index contributed by atoms with van der Waals surface area (Å²) >= 11 is 11.8. The van der Waals surface area contributed by atoms with Crippen LogP contribution in [0, 0.1) is 0 Å². The molecule has 0 aliphatic heterocycles. The van der Waals surface area contributed by atoms with Crippen molar-refractivity contribution in [3.8, 4) is 0 Å². The second kappa shape index (κ2) is 4.47. The van der Waals surface area contributed by atoms with E-state index in [4.69, 9.17) is 28.3 Å². The Hall–Kier alpha value is -1.39. The molecule has 2 rings (SSSR count). The summed E-state index contributed by atoms with van der Waals surface area (Å²) in [5.41, 5.74) is 0.805. The zero-order valence-electron chi connectivity index (χ0n) is 8.87. The first-order valence-corrected chi connectivity index (χ1v) is 5.68. The molecule has 0 saturated carbocycles. The van der Waals surface area contributed by atoms with Crippen LogP contribution in [0.5, 0.6) is 0 Å². The Morgan fingerprint density at radius 1 is 1.35 bits per heavy atom. The minimum atomic E-state index is -1.09. The minimum Gasteiger partial charge on any atom is -0.478 e. The number of carbonyl (C=O) groups is 1. The second-order valence-electron chi connectivity index (χ2n) is 3.41. The number of nitrogens with zero attached hydrogens (tertiary/aromatic N) is 2. The summed E-state index contributed by atoms with van der Waals surface area (Å²) < 4.78 is 0. The van der Waals surface area contributed by atoms with Gasteiger partial charge < -0.3 is 5.11 Å². The molecular weight excluding hydrogens is 263 g/mol. The van der Waals surface area contributed by atoms with Gasteiger partial charge in [0.2, 0.25) is 0 Å². The van der Waals surface area contributed by atoms with E-state index in [2.05, 4.69) is 9.97 Å². The fraction of sp³-hybridized carbons (Fsp3) is 0.182. The Labute approximate surface area is 107 Å². The maximum absolute atomic E-state index is 11.1. The number of rotatable bonds is 2. The van der Waals surface area contributed by atoms with Crippen molar-refractivity contribution in [1.29, 1.82) is 0 Å². The van der Waals surface area contributed by atoms with Gasteiger partial charge in [-0.1, -0.05) is 30.1 Å². The van der Waals surface area contributed by atoms with E-state index in [0.717, 1.165) is 0 Å². The monoisotopic (exact) mass is 270 g/mol. The van der Waals surface area contributed by atoms with Gasteiger partial charge >= 0.3 is 5.97 Å². The zero-order valence-corrected chi connectivity index (χ0v) is 10.4. The van der Waals surface area contributed by atoms with Crippen LogP contribution in [0.25, 0.3) is 11.0 Å². The molecule has 2 heterocycles. The maximum Gasteiger partial charge on any atom is 0.339 e. The predicted molar refractivity (Wildman–Crippen MR) is 65.9 cm³/mol.